The van der Waals surface area contributed by atoms with E-state index in [1.54, 1.807) is 12.1 Å². The second kappa shape index (κ2) is 9.15. The molecule has 0 saturated carbocycles. The molecule has 0 radical (unpaired) electrons. The van der Waals surface area contributed by atoms with Crippen LogP contribution in [0.5, 0.6) is 0 Å². The number of hydrogen-bond donors (Lipinski definition) is 1. The fourth-order valence-electron chi connectivity index (χ4n) is 5.11. The molecule has 2 aromatic carbocycles. The number of carbonyl (C=O) groups excluding carboxylic acids is 1. The van der Waals surface area contributed by atoms with E-state index in [4.69, 9.17) is 4.98 Å². The number of fused-ring (bicyclic) bond motifs is 1. The summed E-state index contributed by atoms with van der Waals surface area (Å²) in [4.78, 5) is 25.7. The average Bonchev–Trinajstić information content (AvgIpc) is 3.26. The molecule has 0 unspecified atom stereocenters. The lowest BCUT2D eigenvalue weighted by molar-refractivity contribution is -0.137. The van der Waals surface area contributed by atoms with Gasteiger partial charge in [-0.25, -0.2) is 4.98 Å². The molecule has 0 spiro atoms. The third-order valence-corrected chi connectivity index (χ3v) is 7.25. The maximum atomic E-state index is 13.3. The van der Waals surface area contributed by atoms with E-state index < -0.39 is 11.7 Å². The molecule has 8 heteroatoms. The van der Waals surface area contributed by atoms with Gasteiger partial charge in [0.1, 0.15) is 5.82 Å². The fourth-order valence-corrected chi connectivity index (χ4v) is 5.11. The number of aromatic amines is 1. The summed E-state index contributed by atoms with van der Waals surface area (Å²) in [6.45, 7) is 5.00. The van der Waals surface area contributed by atoms with E-state index in [0.717, 1.165) is 78.4 Å². The average molecular weight is 483 g/mol. The minimum atomic E-state index is -4.33. The maximum Gasteiger partial charge on any atom is 0.416 e. The van der Waals surface area contributed by atoms with Crippen LogP contribution < -0.4 is 0 Å². The van der Waals surface area contributed by atoms with Crippen LogP contribution in [0.3, 0.4) is 0 Å². The highest BCUT2D eigenvalue weighted by atomic mass is 19.4. The van der Waals surface area contributed by atoms with Crippen molar-refractivity contribution in [3.63, 3.8) is 0 Å². The number of halogens is 3. The molecule has 1 N–H and O–H groups in total. The van der Waals surface area contributed by atoms with Gasteiger partial charge in [0.05, 0.1) is 17.0 Å². The highest BCUT2D eigenvalue weighted by Crippen LogP contribution is 2.33. The van der Waals surface area contributed by atoms with E-state index in [1.165, 1.54) is 0 Å². The van der Waals surface area contributed by atoms with Crippen molar-refractivity contribution >= 4 is 5.91 Å². The molecule has 0 atom stereocenters. The Hall–Kier alpha value is -3.13. The molecular formula is C27H29F3N4O. The van der Waals surface area contributed by atoms with Crippen molar-refractivity contribution in [3.8, 4) is 11.4 Å². The summed E-state index contributed by atoms with van der Waals surface area (Å²) in [5.41, 5.74) is 5.12. The van der Waals surface area contributed by atoms with E-state index in [2.05, 4.69) is 16.9 Å². The zero-order valence-corrected chi connectivity index (χ0v) is 20.0. The van der Waals surface area contributed by atoms with Gasteiger partial charge in [0.25, 0.3) is 5.91 Å². The van der Waals surface area contributed by atoms with Crippen molar-refractivity contribution in [2.24, 2.45) is 0 Å². The number of hydrogen-bond acceptors (Lipinski definition) is 3. The molecule has 35 heavy (non-hydrogen) atoms. The van der Waals surface area contributed by atoms with E-state index in [9.17, 15) is 18.0 Å². The van der Waals surface area contributed by atoms with Crippen LogP contribution in [0.1, 0.15) is 57.2 Å². The van der Waals surface area contributed by atoms with Crippen molar-refractivity contribution in [2.45, 2.75) is 44.8 Å². The van der Waals surface area contributed by atoms with Gasteiger partial charge in [-0.1, -0.05) is 18.2 Å². The summed E-state index contributed by atoms with van der Waals surface area (Å²) >= 11 is 0. The first-order valence-corrected chi connectivity index (χ1v) is 12.0. The van der Waals surface area contributed by atoms with Crippen molar-refractivity contribution in [1.29, 1.82) is 0 Å². The van der Waals surface area contributed by atoms with E-state index in [0.29, 0.717) is 18.7 Å². The predicted molar refractivity (Wildman–Crippen MR) is 128 cm³/mol. The van der Waals surface area contributed by atoms with E-state index in [-0.39, 0.29) is 11.8 Å². The number of H-pyrrole nitrogens is 1. The van der Waals surface area contributed by atoms with Gasteiger partial charge in [0.2, 0.25) is 0 Å². The first-order valence-electron chi connectivity index (χ1n) is 12.0. The molecule has 1 aromatic heterocycles. The Morgan fingerprint density at radius 3 is 2.46 bits per heavy atom. The number of aryl methyl sites for hydroxylation is 1. The lowest BCUT2D eigenvalue weighted by Gasteiger charge is -2.32. The van der Waals surface area contributed by atoms with Crippen LogP contribution in [0.2, 0.25) is 0 Å². The molecule has 0 aliphatic carbocycles. The Labute approximate surface area is 203 Å². The predicted octanol–water partition coefficient (Wildman–Crippen LogP) is 5.41. The van der Waals surface area contributed by atoms with Gasteiger partial charge >= 0.3 is 6.18 Å². The molecule has 1 amide bonds. The number of benzene rings is 2. The number of amides is 1. The Morgan fingerprint density at radius 1 is 1.06 bits per heavy atom. The zero-order chi connectivity index (χ0) is 24.7. The second-order valence-corrected chi connectivity index (χ2v) is 9.71. The summed E-state index contributed by atoms with van der Waals surface area (Å²) in [5, 5.41) is 0. The number of rotatable bonds is 3. The molecule has 3 heterocycles. The van der Waals surface area contributed by atoms with Crippen molar-refractivity contribution in [1.82, 2.24) is 19.8 Å². The lowest BCUT2D eigenvalue weighted by atomic mass is 9.88. The SMILES string of the molecule is Cc1ccc(C(=O)N2CCC(c3ccc(C(F)(F)F)cc3)CC2)cc1-c1nc2c([nH]1)CN(C)CC2. The van der Waals surface area contributed by atoms with Crippen LogP contribution in [-0.4, -0.2) is 52.4 Å². The number of nitrogens with zero attached hydrogens (tertiary/aromatic N) is 3. The third kappa shape index (κ3) is 4.85. The first-order chi connectivity index (χ1) is 16.7. The summed E-state index contributed by atoms with van der Waals surface area (Å²) in [7, 11) is 2.09. The molecule has 5 nitrogen and oxygen atoms in total. The minimum absolute atomic E-state index is 0.0202. The first kappa shape index (κ1) is 23.6. The van der Waals surface area contributed by atoms with Gasteiger partial charge in [-0.15, -0.1) is 0 Å². The number of likely N-dealkylation sites (N-methyl/N-ethyl adjacent to an activating group) is 1. The number of piperidine rings is 1. The number of carbonyl (C=O) groups is 1. The number of likely N-dealkylation sites (tertiary alicyclic amines) is 1. The maximum absolute atomic E-state index is 13.3. The fraction of sp³-hybridized carbons (Fsp3) is 0.407. The van der Waals surface area contributed by atoms with Gasteiger partial charge in [-0.3, -0.25) is 4.79 Å². The molecule has 2 aliphatic rings. The molecule has 2 aliphatic heterocycles. The smallest absolute Gasteiger partial charge is 0.341 e. The number of nitrogens with one attached hydrogen (secondary N) is 1. The Kier molecular flexibility index (Phi) is 6.17. The molecule has 184 valence electrons. The van der Waals surface area contributed by atoms with Gasteiger partial charge in [0, 0.05) is 43.7 Å². The second-order valence-electron chi connectivity index (χ2n) is 9.71. The van der Waals surface area contributed by atoms with E-state index in [1.807, 2.05) is 30.0 Å². The molecular weight excluding hydrogens is 453 g/mol. The van der Waals surface area contributed by atoms with Gasteiger partial charge in [0.15, 0.2) is 0 Å². The van der Waals surface area contributed by atoms with Gasteiger partial charge < -0.3 is 14.8 Å². The van der Waals surface area contributed by atoms with Crippen LogP contribution in [0, 0.1) is 6.92 Å². The summed E-state index contributed by atoms with van der Waals surface area (Å²) in [5.74, 6) is 0.939. The van der Waals surface area contributed by atoms with Crippen LogP contribution in [0.4, 0.5) is 13.2 Å². The molecule has 5 rings (SSSR count). The highest BCUT2D eigenvalue weighted by Gasteiger charge is 2.31. The molecule has 1 saturated heterocycles. The van der Waals surface area contributed by atoms with Crippen LogP contribution >= 0.6 is 0 Å². The normalized spacial score (nSPS) is 17.5. The van der Waals surface area contributed by atoms with Crippen molar-refractivity contribution in [3.05, 3.63) is 76.1 Å². The van der Waals surface area contributed by atoms with Crippen LogP contribution in [0.15, 0.2) is 42.5 Å². The quantitative estimate of drug-likeness (QED) is 0.543. The van der Waals surface area contributed by atoms with Crippen LogP contribution in [0.25, 0.3) is 11.4 Å². The summed E-state index contributed by atoms with van der Waals surface area (Å²) in [6.07, 6.45) is -1.96. The van der Waals surface area contributed by atoms with Crippen LogP contribution in [-0.2, 0) is 19.1 Å². The minimum Gasteiger partial charge on any atom is -0.341 e. The van der Waals surface area contributed by atoms with E-state index >= 15 is 0 Å². The monoisotopic (exact) mass is 482 g/mol. The zero-order valence-electron chi connectivity index (χ0n) is 20.0. The topological polar surface area (TPSA) is 52.2 Å². The largest absolute Gasteiger partial charge is 0.416 e. The molecule has 1 fully saturated rings. The summed E-state index contributed by atoms with van der Waals surface area (Å²) in [6, 6.07) is 11.2. The highest BCUT2D eigenvalue weighted by molar-refractivity contribution is 5.95. The third-order valence-electron chi connectivity index (χ3n) is 7.25. The van der Waals surface area contributed by atoms with Gasteiger partial charge in [-0.2, -0.15) is 13.2 Å². The Balaban J connectivity index is 1.28. The lowest BCUT2D eigenvalue weighted by Crippen LogP contribution is -2.38. The number of imidazole rings is 1. The standard InChI is InChI=1S/C27H29F3N4O/c1-17-3-4-20(15-22(17)25-31-23-11-12-33(2)16-24(23)32-25)26(35)34-13-9-19(10-14-34)18-5-7-21(8-6-18)27(28,29)30/h3-8,15,19H,9-14,16H2,1-2H3,(H,31,32). The van der Waals surface area contributed by atoms with Gasteiger partial charge in [-0.05, 0) is 68.1 Å². The Bertz CT molecular complexity index is 1220. The number of aromatic nitrogens is 2. The number of alkyl halides is 3. The molecule has 0 bridgehead atoms. The van der Waals surface area contributed by atoms with Crippen molar-refractivity contribution < 1.29 is 18.0 Å². The summed E-state index contributed by atoms with van der Waals surface area (Å²) < 4.78 is 38.5. The Morgan fingerprint density at radius 2 is 1.77 bits per heavy atom. The van der Waals surface area contributed by atoms with Crippen molar-refractivity contribution in [2.75, 3.05) is 26.7 Å². The molecule has 3 aromatic rings.